The summed E-state index contributed by atoms with van der Waals surface area (Å²) in [6.07, 6.45) is 1.16. The van der Waals surface area contributed by atoms with Crippen molar-refractivity contribution in [2.45, 2.75) is 32.4 Å². The second kappa shape index (κ2) is 5.72. The Bertz CT molecular complexity index is 568. The predicted octanol–water partition coefficient (Wildman–Crippen LogP) is 3.53. The van der Waals surface area contributed by atoms with E-state index in [1.165, 1.54) is 12.1 Å². The maximum absolute atomic E-state index is 13.8. The third-order valence-corrected chi connectivity index (χ3v) is 3.23. The maximum Gasteiger partial charge on any atom is 0.147 e. The first kappa shape index (κ1) is 14.0. The highest BCUT2D eigenvalue weighted by Gasteiger charge is 2.16. The molecule has 0 fully saturated rings. The van der Waals surface area contributed by atoms with Crippen LogP contribution >= 0.6 is 11.6 Å². The van der Waals surface area contributed by atoms with Gasteiger partial charge in [0.2, 0.25) is 0 Å². The summed E-state index contributed by atoms with van der Waals surface area (Å²) in [7, 11) is 0. The molecule has 1 N–H and O–H groups in total. The zero-order chi connectivity index (χ0) is 14.0. The maximum atomic E-state index is 13.8. The second-order valence-corrected chi connectivity index (χ2v) is 5.15. The molecular weight excluding hydrogens is 267 g/mol. The third-order valence-electron chi connectivity index (χ3n) is 2.94. The lowest BCUT2D eigenvalue weighted by Crippen LogP contribution is -2.07. The molecule has 1 atom stereocenters. The van der Waals surface area contributed by atoms with Gasteiger partial charge in [0.1, 0.15) is 5.82 Å². The molecule has 0 aliphatic rings. The fraction of sp³-hybridized carbons (Fsp3) is 0.357. The van der Waals surface area contributed by atoms with Crippen molar-refractivity contribution in [3.8, 4) is 0 Å². The van der Waals surface area contributed by atoms with Crippen molar-refractivity contribution in [3.05, 3.63) is 52.6 Å². The molecule has 0 aliphatic carbocycles. The molecule has 0 saturated carbocycles. The van der Waals surface area contributed by atoms with E-state index >= 15 is 0 Å². The number of benzene rings is 1. The summed E-state index contributed by atoms with van der Waals surface area (Å²) in [5.74, 6) is -0.569. The predicted molar refractivity (Wildman–Crippen MR) is 72.7 cm³/mol. The molecule has 1 aromatic heterocycles. The van der Waals surface area contributed by atoms with E-state index in [-0.39, 0.29) is 23.0 Å². The second-order valence-electron chi connectivity index (χ2n) is 4.74. The third kappa shape index (κ3) is 3.14. The molecule has 0 saturated heterocycles. The summed E-state index contributed by atoms with van der Waals surface area (Å²) in [5, 5.41) is 14.4. The Labute approximate surface area is 116 Å². The quantitative estimate of drug-likeness (QED) is 0.931. The number of aromatic nitrogens is 2. The lowest BCUT2D eigenvalue weighted by atomic mass is 10.0. The SMILES string of the molecule is CC(C)n1ccc(CC(O)c2cccc(Cl)c2F)n1. The molecule has 0 spiro atoms. The van der Waals surface area contributed by atoms with E-state index in [4.69, 9.17) is 11.6 Å². The number of halogens is 2. The molecule has 3 nitrogen and oxygen atoms in total. The molecule has 1 aromatic carbocycles. The average molecular weight is 283 g/mol. The van der Waals surface area contributed by atoms with Gasteiger partial charge in [0.15, 0.2) is 0 Å². The molecule has 0 aliphatic heterocycles. The Morgan fingerprint density at radius 1 is 1.37 bits per heavy atom. The van der Waals surface area contributed by atoms with E-state index in [0.29, 0.717) is 0 Å². The van der Waals surface area contributed by atoms with Gasteiger partial charge in [-0.05, 0) is 26.0 Å². The van der Waals surface area contributed by atoms with E-state index < -0.39 is 11.9 Å². The molecule has 2 rings (SSSR count). The standard InChI is InChI=1S/C14H16ClFN2O/c1-9(2)18-7-6-10(17-18)8-13(19)11-4-3-5-12(15)14(11)16/h3-7,9,13,19H,8H2,1-2H3. The molecule has 102 valence electrons. The minimum atomic E-state index is -0.950. The molecule has 0 radical (unpaired) electrons. The van der Waals surface area contributed by atoms with E-state index in [9.17, 15) is 9.50 Å². The molecule has 1 unspecified atom stereocenters. The Hall–Kier alpha value is -1.39. The summed E-state index contributed by atoms with van der Waals surface area (Å²) < 4.78 is 15.6. The highest BCUT2D eigenvalue weighted by Crippen LogP contribution is 2.25. The van der Waals surface area contributed by atoms with Crippen molar-refractivity contribution in [1.82, 2.24) is 9.78 Å². The largest absolute Gasteiger partial charge is 0.388 e. The van der Waals surface area contributed by atoms with Crippen LogP contribution in [-0.2, 0) is 6.42 Å². The van der Waals surface area contributed by atoms with Crippen LogP contribution in [0.2, 0.25) is 5.02 Å². The first-order valence-electron chi connectivity index (χ1n) is 6.15. The van der Waals surface area contributed by atoms with Crippen molar-refractivity contribution in [2.75, 3.05) is 0 Å². The number of hydrogen-bond acceptors (Lipinski definition) is 2. The van der Waals surface area contributed by atoms with Crippen LogP contribution in [0.3, 0.4) is 0 Å². The van der Waals surface area contributed by atoms with E-state index in [1.54, 1.807) is 10.7 Å². The van der Waals surface area contributed by atoms with Crippen molar-refractivity contribution < 1.29 is 9.50 Å². The summed E-state index contributed by atoms with van der Waals surface area (Å²) in [6.45, 7) is 4.04. The molecule has 0 bridgehead atoms. The van der Waals surface area contributed by atoms with Gasteiger partial charge in [0, 0.05) is 24.2 Å². The van der Waals surface area contributed by atoms with Crippen LogP contribution in [0.1, 0.15) is 37.3 Å². The van der Waals surface area contributed by atoms with Gasteiger partial charge in [-0.2, -0.15) is 5.10 Å². The van der Waals surface area contributed by atoms with Crippen molar-refractivity contribution in [3.63, 3.8) is 0 Å². The van der Waals surface area contributed by atoms with E-state index in [1.807, 2.05) is 26.1 Å². The Morgan fingerprint density at radius 2 is 2.11 bits per heavy atom. The van der Waals surface area contributed by atoms with Crippen LogP contribution in [0.15, 0.2) is 30.5 Å². The minimum Gasteiger partial charge on any atom is -0.388 e. The van der Waals surface area contributed by atoms with Gasteiger partial charge in [-0.3, -0.25) is 4.68 Å². The fourth-order valence-corrected chi connectivity index (χ4v) is 2.04. The van der Waals surface area contributed by atoms with Crippen LogP contribution in [0.4, 0.5) is 4.39 Å². The highest BCUT2D eigenvalue weighted by atomic mass is 35.5. The lowest BCUT2D eigenvalue weighted by Gasteiger charge is -2.11. The van der Waals surface area contributed by atoms with Crippen LogP contribution < -0.4 is 0 Å². The van der Waals surface area contributed by atoms with Gasteiger partial charge in [0.05, 0.1) is 16.8 Å². The zero-order valence-electron chi connectivity index (χ0n) is 10.8. The van der Waals surface area contributed by atoms with Gasteiger partial charge < -0.3 is 5.11 Å². The normalized spacial score (nSPS) is 12.9. The topological polar surface area (TPSA) is 38.0 Å². The van der Waals surface area contributed by atoms with E-state index in [2.05, 4.69) is 5.10 Å². The minimum absolute atomic E-state index is 0.0178. The van der Waals surface area contributed by atoms with Crippen LogP contribution in [0.25, 0.3) is 0 Å². The summed E-state index contributed by atoms with van der Waals surface area (Å²) in [6, 6.07) is 6.70. The van der Waals surface area contributed by atoms with Gasteiger partial charge in [-0.15, -0.1) is 0 Å². The first-order chi connectivity index (χ1) is 8.99. The highest BCUT2D eigenvalue weighted by molar-refractivity contribution is 6.30. The Morgan fingerprint density at radius 3 is 2.74 bits per heavy atom. The van der Waals surface area contributed by atoms with Gasteiger partial charge >= 0.3 is 0 Å². The summed E-state index contributed by atoms with van der Waals surface area (Å²) in [4.78, 5) is 0. The van der Waals surface area contributed by atoms with Crippen LogP contribution in [0, 0.1) is 5.82 Å². The molecular formula is C14H16ClFN2O. The van der Waals surface area contributed by atoms with Gasteiger partial charge in [-0.25, -0.2) is 4.39 Å². The molecule has 0 amide bonds. The molecule has 19 heavy (non-hydrogen) atoms. The zero-order valence-corrected chi connectivity index (χ0v) is 11.6. The van der Waals surface area contributed by atoms with Crippen molar-refractivity contribution in [2.24, 2.45) is 0 Å². The first-order valence-corrected chi connectivity index (χ1v) is 6.53. The monoisotopic (exact) mass is 282 g/mol. The number of hydrogen-bond donors (Lipinski definition) is 1. The van der Waals surface area contributed by atoms with Crippen LogP contribution in [-0.4, -0.2) is 14.9 Å². The van der Waals surface area contributed by atoms with Crippen molar-refractivity contribution >= 4 is 11.6 Å². The van der Waals surface area contributed by atoms with Crippen molar-refractivity contribution in [1.29, 1.82) is 0 Å². The number of rotatable bonds is 4. The number of aliphatic hydroxyl groups excluding tert-OH is 1. The molecule has 2 aromatic rings. The molecule has 5 heteroatoms. The summed E-state index contributed by atoms with van der Waals surface area (Å²) >= 11 is 5.70. The Kier molecular flexibility index (Phi) is 4.22. The molecule has 1 heterocycles. The smallest absolute Gasteiger partial charge is 0.147 e. The van der Waals surface area contributed by atoms with E-state index in [0.717, 1.165) is 5.69 Å². The Balaban J connectivity index is 2.16. The fourth-order valence-electron chi connectivity index (χ4n) is 1.86. The number of aliphatic hydroxyl groups is 1. The number of nitrogens with zero attached hydrogens (tertiary/aromatic N) is 2. The average Bonchev–Trinajstić information content (AvgIpc) is 2.81. The van der Waals surface area contributed by atoms with Gasteiger partial charge in [-0.1, -0.05) is 23.7 Å². The van der Waals surface area contributed by atoms with Gasteiger partial charge in [0.25, 0.3) is 0 Å². The summed E-state index contributed by atoms with van der Waals surface area (Å²) in [5.41, 5.74) is 0.923. The lowest BCUT2D eigenvalue weighted by molar-refractivity contribution is 0.172. The van der Waals surface area contributed by atoms with Crippen LogP contribution in [0.5, 0.6) is 0 Å².